The molecular formula is C26H46N2O4. The molecule has 2 fully saturated rings. The van der Waals surface area contributed by atoms with Crippen LogP contribution in [-0.4, -0.2) is 53.0 Å². The fourth-order valence-electron chi connectivity index (χ4n) is 5.42. The Kier molecular flexibility index (Phi) is 8.16. The third-order valence-corrected chi connectivity index (χ3v) is 7.34. The van der Waals surface area contributed by atoms with Crippen LogP contribution in [0.15, 0.2) is 4.99 Å². The number of nitrogens with zero attached hydrogens (tertiary/aromatic N) is 2. The lowest BCUT2D eigenvalue weighted by atomic mass is 9.83. The Hall–Kier alpha value is -1.30. The van der Waals surface area contributed by atoms with Crippen molar-refractivity contribution in [3.05, 3.63) is 0 Å². The first-order valence-electron chi connectivity index (χ1n) is 12.9. The van der Waals surface area contributed by atoms with Gasteiger partial charge in [-0.2, -0.15) is 0 Å². The highest BCUT2D eigenvalue weighted by molar-refractivity contribution is 5.77. The Morgan fingerprint density at radius 2 is 1.94 bits per heavy atom. The molecule has 1 aliphatic carbocycles. The van der Waals surface area contributed by atoms with Gasteiger partial charge in [-0.1, -0.05) is 52.4 Å². The van der Waals surface area contributed by atoms with Crippen LogP contribution >= 0.6 is 0 Å². The van der Waals surface area contributed by atoms with Gasteiger partial charge in [-0.3, -0.25) is 4.90 Å². The van der Waals surface area contributed by atoms with Gasteiger partial charge in [0.15, 0.2) is 5.90 Å². The summed E-state index contributed by atoms with van der Waals surface area (Å²) in [6.45, 7) is 14.9. The van der Waals surface area contributed by atoms with E-state index in [1.807, 2.05) is 39.5 Å². The normalized spacial score (nSPS) is 29.5. The molecule has 1 unspecified atom stereocenters. The van der Waals surface area contributed by atoms with Crippen molar-refractivity contribution in [2.45, 2.75) is 136 Å². The van der Waals surface area contributed by atoms with Gasteiger partial charge in [0.1, 0.15) is 17.9 Å². The third kappa shape index (κ3) is 6.39. The van der Waals surface area contributed by atoms with Gasteiger partial charge >= 0.3 is 6.09 Å². The molecule has 0 radical (unpaired) electrons. The summed E-state index contributed by atoms with van der Waals surface area (Å²) in [6.07, 6.45) is 9.78. The molecule has 32 heavy (non-hydrogen) atoms. The van der Waals surface area contributed by atoms with Gasteiger partial charge in [0.25, 0.3) is 0 Å². The maximum Gasteiger partial charge on any atom is 0.412 e. The van der Waals surface area contributed by atoms with E-state index >= 15 is 0 Å². The first kappa shape index (κ1) is 25.3. The predicted octanol–water partition coefficient (Wildman–Crippen LogP) is 6.32. The summed E-state index contributed by atoms with van der Waals surface area (Å²) in [5, 5.41) is 0. The molecule has 2 heterocycles. The largest absolute Gasteiger partial charge is 0.479 e. The lowest BCUT2D eigenvalue weighted by Gasteiger charge is -2.37. The summed E-state index contributed by atoms with van der Waals surface area (Å²) in [6, 6.07) is 0.294. The molecule has 184 valence electrons. The zero-order chi connectivity index (χ0) is 23.5. The van der Waals surface area contributed by atoms with E-state index in [0.717, 1.165) is 31.6 Å². The number of aliphatic imine (C=N–C) groups is 1. The highest BCUT2D eigenvalue weighted by Gasteiger charge is 2.51. The monoisotopic (exact) mass is 450 g/mol. The van der Waals surface area contributed by atoms with Gasteiger partial charge in [0.05, 0.1) is 18.2 Å². The minimum Gasteiger partial charge on any atom is -0.479 e. The minimum absolute atomic E-state index is 0.0234. The summed E-state index contributed by atoms with van der Waals surface area (Å²) < 4.78 is 18.3. The van der Waals surface area contributed by atoms with E-state index in [1.165, 1.54) is 32.1 Å². The molecule has 0 spiro atoms. The number of carbonyl (C=O) groups excluding carboxylic acids is 1. The van der Waals surface area contributed by atoms with Crippen LogP contribution < -0.4 is 0 Å². The summed E-state index contributed by atoms with van der Waals surface area (Å²) >= 11 is 0. The SMILES string of the molecule is CC[C@H](C)[C@H]1COC(CCC2OC(C)(C)N(C(=O)OC(C)(C)C)[C@H]2CC2CCCCC2)=N1. The molecule has 4 atom stereocenters. The van der Waals surface area contributed by atoms with Crippen LogP contribution in [0.4, 0.5) is 4.79 Å². The smallest absolute Gasteiger partial charge is 0.412 e. The van der Waals surface area contributed by atoms with E-state index in [2.05, 4.69) is 13.8 Å². The van der Waals surface area contributed by atoms with Gasteiger partial charge in [-0.05, 0) is 59.3 Å². The van der Waals surface area contributed by atoms with Crippen molar-refractivity contribution in [1.29, 1.82) is 0 Å². The molecule has 0 N–H and O–H groups in total. The minimum atomic E-state index is -0.691. The average molecular weight is 451 g/mol. The Morgan fingerprint density at radius 1 is 1.25 bits per heavy atom. The zero-order valence-electron chi connectivity index (χ0n) is 21.5. The van der Waals surface area contributed by atoms with Crippen molar-refractivity contribution >= 4 is 12.0 Å². The molecule has 6 heteroatoms. The summed E-state index contributed by atoms with van der Waals surface area (Å²) in [5.41, 5.74) is -1.22. The standard InChI is InChI=1S/C26H46N2O4/c1-8-18(2)20-17-30-23(27-20)15-14-22-21(16-19-12-10-9-11-13-19)28(26(6,7)31-22)24(29)32-25(3,4)5/h18-22H,8-17H2,1-7H3/t18-,20+,21-,22?/m0/s1. The van der Waals surface area contributed by atoms with Gasteiger partial charge < -0.3 is 14.2 Å². The first-order valence-corrected chi connectivity index (χ1v) is 12.9. The van der Waals surface area contributed by atoms with Crippen LogP contribution in [0.25, 0.3) is 0 Å². The zero-order valence-corrected chi connectivity index (χ0v) is 21.5. The van der Waals surface area contributed by atoms with Gasteiger partial charge in [0.2, 0.25) is 0 Å². The number of hydrogen-bond donors (Lipinski definition) is 0. The second kappa shape index (κ2) is 10.3. The Labute approximate surface area is 195 Å². The molecule has 3 aliphatic rings. The van der Waals surface area contributed by atoms with Crippen LogP contribution in [-0.2, 0) is 14.2 Å². The van der Waals surface area contributed by atoms with Crippen molar-refractivity contribution in [3.63, 3.8) is 0 Å². The molecular weight excluding hydrogens is 404 g/mol. The van der Waals surface area contributed by atoms with E-state index < -0.39 is 11.3 Å². The average Bonchev–Trinajstić information content (AvgIpc) is 3.27. The molecule has 1 amide bonds. The van der Waals surface area contributed by atoms with Crippen LogP contribution in [0.3, 0.4) is 0 Å². The molecule has 1 saturated carbocycles. The Bertz CT molecular complexity index is 663. The second-order valence-corrected chi connectivity index (χ2v) is 11.6. The van der Waals surface area contributed by atoms with E-state index in [-0.39, 0.29) is 24.3 Å². The third-order valence-electron chi connectivity index (χ3n) is 7.34. The van der Waals surface area contributed by atoms with E-state index in [1.54, 1.807) is 0 Å². The van der Waals surface area contributed by atoms with E-state index in [9.17, 15) is 4.79 Å². The fourth-order valence-corrected chi connectivity index (χ4v) is 5.42. The number of rotatable bonds is 7. The van der Waals surface area contributed by atoms with Crippen LogP contribution in [0.1, 0.15) is 106 Å². The van der Waals surface area contributed by atoms with Gasteiger partial charge in [0, 0.05) is 6.42 Å². The quantitative estimate of drug-likeness (QED) is 0.455. The molecule has 0 aromatic carbocycles. The second-order valence-electron chi connectivity index (χ2n) is 11.6. The highest BCUT2D eigenvalue weighted by atomic mass is 16.6. The highest BCUT2D eigenvalue weighted by Crippen LogP contribution is 2.40. The van der Waals surface area contributed by atoms with Crippen LogP contribution in [0, 0.1) is 11.8 Å². The lowest BCUT2D eigenvalue weighted by Crippen LogP contribution is -2.50. The topological polar surface area (TPSA) is 60.4 Å². The van der Waals surface area contributed by atoms with E-state index in [0.29, 0.717) is 18.4 Å². The molecule has 0 aromatic heterocycles. The molecule has 0 bridgehead atoms. The number of hydrogen-bond acceptors (Lipinski definition) is 5. The van der Waals surface area contributed by atoms with Crippen molar-refractivity contribution in [2.24, 2.45) is 16.8 Å². The number of amides is 1. The molecule has 6 nitrogen and oxygen atoms in total. The molecule has 3 rings (SSSR count). The Morgan fingerprint density at radius 3 is 2.56 bits per heavy atom. The van der Waals surface area contributed by atoms with Crippen molar-refractivity contribution in [1.82, 2.24) is 4.90 Å². The first-order chi connectivity index (χ1) is 15.0. The maximum absolute atomic E-state index is 13.3. The summed E-state index contributed by atoms with van der Waals surface area (Å²) in [7, 11) is 0. The van der Waals surface area contributed by atoms with Crippen LogP contribution in [0.2, 0.25) is 0 Å². The molecule has 0 aromatic rings. The summed E-state index contributed by atoms with van der Waals surface area (Å²) in [5.74, 6) is 2.04. The van der Waals surface area contributed by atoms with Gasteiger partial charge in [-0.15, -0.1) is 0 Å². The number of carbonyl (C=O) groups is 1. The van der Waals surface area contributed by atoms with Crippen molar-refractivity contribution < 1.29 is 19.0 Å². The Balaban J connectivity index is 1.73. The van der Waals surface area contributed by atoms with Crippen molar-refractivity contribution in [3.8, 4) is 0 Å². The van der Waals surface area contributed by atoms with Gasteiger partial charge in [-0.25, -0.2) is 9.79 Å². The molecule has 2 aliphatic heterocycles. The van der Waals surface area contributed by atoms with Crippen molar-refractivity contribution in [2.75, 3.05) is 6.61 Å². The number of ether oxygens (including phenoxy) is 3. The fraction of sp³-hybridized carbons (Fsp3) is 0.923. The molecule has 1 saturated heterocycles. The predicted molar refractivity (Wildman–Crippen MR) is 128 cm³/mol. The lowest BCUT2D eigenvalue weighted by molar-refractivity contribution is -0.0798. The maximum atomic E-state index is 13.3. The summed E-state index contributed by atoms with van der Waals surface area (Å²) in [4.78, 5) is 20.0. The van der Waals surface area contributed by atoms with E-state index in [4.69, 9.17) is 19.2 Å². The van der Waals surface area contributed by atoms with Crippen LogP contribution in [0.5, 0.6) is 0 Å².